The van der Waals surface area contributed by atoms with E-state index in [1.54, 1.807) is 6.92 Å². The Morgan fingerprint density at radius 3 is 2.17 bits per heavy atom. The molecule has 72 valence electrons. The van der Waals surface area contributed by atoms with Gasteiger partial charge in [0, 0.05) is 11.2 Å². The summed E-state index contributed by atoms with van der Waals surface area (Å²) in [4.78, 5) is 0. The monoisotopic (exact) mass is 194 g/mol. The predicted molar refractivity (Wildman–Crippen MR) is 44.5 cm³/mol. The molecule has 0 bridgehead atoms. The van der Waals surface area contributed by atoms with Crippen LogP contribution in [-0.4, -0.2) is 42.8 Å². The molecule has 0 aliphatic heterocycles. The van der Waals surface area contributed by atoms with Crippen LogP contribution in [-0.2, 0) is 9.84 Å². The molecule has 0 radical (unpaired) electrons. The number of rotatable bonds is 4. The van der Waals surface area contributed by atoms with Gasteiger partial charge in [0.15, 0.2) is 9.84 Å². The van der Waals surface area contributed by atoms with Crippen molar-refractivity contribution in [3.05, 3.63) is 0 Å². The fourth-order valence-corrected chi connectivity index (χ4v) is 3.30. The smallest absolute Gasteiger partial charge is 0.153 e. The van der Waals surface area contributed by atoms with E-state index in [1.165, 1.54) is 0 Å². The Morgan fingerprint density at radius 1 is 1.42 bits per heavy atom. The van der Waals surface area contributed by atoms with Gasteiger partial charge < -0.3 is 10.2 Å². The summed E-state index contributed by atoms with van der Waals surface area (Å²) >= 11 is 0. The molecule has 1 fully saturated rings. The zero-order valence-electron chi connectivity index (χ0n) is 7.02. The minimum absolute atomic E-state index is 0.0828. The molecule has 4 nitrogen and oxygen atoms in total. The molecule has 1 rings (SSSR count). The number of aliphatic hydroxyl groups excluding tert-OH is 2. The summed E-state index contributed by atoms with van der Waals surface area (Å²) in [6.07, 6.45) is 0.399. The van der Waals surface area contributed by atoms with E-state index in [1.807, 2.05) is 0 Å². The minimum Gasteiger partial charge on any atom is -0.396 e. The van der Waals surface area contributed by atoms with Gasteiger partial charge in [-0.15, -0.1) is 0 Å². The van der Waals surface area contributed by atoms with Crippen LogP contribution < -0.4 is 0 Å². The van der Waals surface area contributed by atoms with E-state index in [0.717, 1.165) is 0 Å². The van der Waals surface area contributed by atoms with Crippen molar-refractivity contribution in [2.75, 3.05) is 19.0 Å². The van der Waals surface area contributed by atoms with Crippen molar-refractivity contribution in [3.63, 3.8) is 0 Å². The van der Waals surface area contributed by atoms with E-state index in [9.17, 15) is 8.42 Å². The van der Waals surface area contributed by atoms with Crippen LogP contribution in [0.1, 0.15) is 13.3 Å². The first kappa shape index (κ1) is 9.95. The van der Waals surface area contributed by atoms with Gasteiger partial charge in [-0.2, -0.15) is 0 Å². The zero-order chi connectivity index (χ0) is 9.41. The predicted octanol–water partition coefficient (Wildman–Crippen LogP) is -0.836. The normalized spacial score (nSPS) is 27.1. The van der Waals surface area contributed by atoms with Gasteiger partial charge in [0.1, 0.15) is 0 Å². The van der Waals surface area contributed by atoms with Crippen molar-refractivity contribution in [1.29, 1.82) is 0 Å². The summed E-state index contributed by atoms with van der Waals surface area (Å²) in [5.74, 6) is 0.0828. The lowest BCUT2D eigenvalue weighted by atomic mass is 10.1. The van der Waals surface area contributed by atoms with Gasteiger partial charge in [-0.1, -0.05) is 6.92 Å². The molecule has 1 atom stereocenters. The maximum atomic E-state index is 11.3. The Labute approximate surface area is 72.1 Å². The lowest BCUT2D eigenvalue weighted by molar-refractivity contribution is 0.134. The lowest BCUT2D eigenvalue weighted by Gasteiger charge is -2.09. The Morgan fingerprint density at radius 2 is 1.92 bits per heavy atom. The highest BCUT2D eigenvalue weighted by Gasteiger charge is 2.59. The largest absolute Gasteiger partial charge is 0.396 e. The second kappa shape index (κ2) is 2.97. The molecular formula is C7H14O4S. The molecule has 0 aromatic rings. The topological polar surface area (TPSA) is 74.6 Å². The minimum atomic E-state index is -3.08. The second-order valence-corrected chi connectivity index (χ2v) is 5.80. The molecule has 1 aliphatic carbocycles. The van der Waals surface area contributed by atoms with Crippen LogP contribution in [0, 0.1) is 5.41 Å². The lowest BCUT2D eigenvalue weighted by Crippen LogP contribution is -2.23. The van der Waals surface area contributed by atoms with Crippen LogP contribution in [0.15, 0.2) is 0 Å². The third-order valence-electron chi connectivity index (χ3n) is 2.58. The summed E-state index contributed by atoms with van der Waals surface area (Å²) in [5, 5.41) is 17.2. The van der Waals surface area contributed by atoms with Crippen LogP contribution in [0.2, 0.25) is 0 Å². The molecule has 0 saturated heterocycles. The molecule has 0 amide bonds. The molecular weight excluding hydrogens is 180 g/mol. The highest BCUT2D eigenvalue weighted by molar-refractivity contribution is 7.92. The van der Waals surface area contributed by atoms with Gasteiger partial charge in [-0.25, -0.2) is 8.42 Å². The molecule has 12 heavy (non-hydrogen) atoms. The third-order valence-corrected chi connectivity index (χ3v) is 4.92. The summed E-state index contributed by atoms with van der Waals surface area (Å²) in [6, 6.07) is 0. The second-order valence-electron chi connectivity index (χ2n) is 3.32. The van der Waals surface area contributed by atoms with Crippen molar-refractivity contribution in [1.82, 2.24) is 0 Å². The zero-order valence-corrected chi connectivity index (χ0v) is 7.84. The first-order chi connectivity index (χ1) is 5.52. The Balaban J connectivity index is 2.74. The van der Waals surface area contributed by atoms with E-state index >= 15 is 0 Å². The highest BCUT2D eigenvalue weighted by atomic mass is 32.2. The van der Waals surface area contributed by atoms with Crippen molar-refractivity contribution in [3.8, 4) is 0 Å². The van der Waals surface area contributed by atoms with E-state index in [-0.39, 0.29) is 19.0 Å². The Kier molecular flexibility index (Phi) is 2.47. The molecule has 1 aliphatic rings. The molecule has 0 heterocycles. The number of aliphatic hydroxyl groups is 2. The maximum Gasteiger partial charge on any atom is 0.153 e. The van der Waals surface area contributed by atoms with Gasteiger partial charge >= 0.3 is 0 Å². The summed E-state index contributed by atoms with van der Waals surface area (Å²) in [6.45, 7) is 1.09. The Bertz CT molecular complexity index is 253. The summed E-state index contributed by atoms with van der Waals surface area (Å²) in [5.41, 5.74) is -0.741. The van der Waals surface area contributed by atoms with Crippen LogP contribution in [0.5, 0.6) is 0 Å². The fourth-order valence-electron chi connectivity index (χ4n) is 1.40. The van der Waals surface area contributed by atoms with Crippen molar-refractivity contribution < 1.29 is 18.6 Å². The van der Waals surface area contributed by atoms with Crippen LogP contribution in [0.3, 0.4) is 0 Å². The van der Waals surface area contributed by atoms with E-state index in [2.05, 4.69) is 0 Å². The maximum absolute atomic E-state index is 11.3. The van der Waals surface area contributed by atoms with Gasteiger partial charge in [0.05, 0.1) is 18.5 Å². The van der Waals surface area contributed by atoms with Crippen molar-refractivity contribution >= 4 is 9.84 Å². The summed E-state index contributed by atoms with van der Waals surface area (Å²) in [7, 11) is -3.08. The third kappa shape index (κ3) is 1.36. The van der Waals surface area contributed by atoms with Gasteiger partial charge in [0.2, 0.25) is 0 Å². The van der Waals surface area contributed by atoms with Crippen LogP contribution >= 0.6 is 0 Å². The number of hydrogen-bond donors (Lipinski definition) is 2. The summed E-state index contributed by atoms with van der Waals surface area (Å²) < 4.78 is 22.5. The van der Waals surface area contributed by atoms with Crippen LogP contribution in [0.4, 0.5) is 0 Å². The molecule has 0 spiro atoms. The molecule has 0 aromatic carbocycles. The van der Waals surface area contributed by atoms with Gasteiger partial charge in [-0.3, -0.25) is 0 Å². The molecule has 1 saturated carbocycles. The van der Waals surface area contributed by atoms with E-state index in [4.69, 9.17) is 10.2 Å². The standard InChI is InChI=1S/C7H14O4S/c1-2-12(10,11)6-3-7(6,4-8)5-9/h6,8-9H,2-5H2,1H3/t6-/m0/s1. The number of sulfone groups is 1. The van der Waals surface area contributed by atoms with Crippen molar-refractivity contribution in [2.24, 2.45) is 5.41 Å². The molecule has 2 N–H and O–H groups in total. The average molecular weight is 194 g/mol. The molecule has 0 unspecified atom stereocenters. The van der Waals surface area contributed by atoms with Crippen molar-refractivity contribution in [2.45, 2.75) is 18.6 Å². The van der Waals surface area contributed by atoms with E-state index in [0.29, 0.717) is 6.42 Å². The Hall–Kier alpha value is -0.130. The van der Waals surface area contributed by atoms with Gasteiger partial charge in [-0.05, 0) is 6.42 Å². The van der Waals surface area contributed by atoms with E-state index < -0.39 is 20.5 Å². The first-order valence-corrected chi connectivity index (χ1v) is 5.67. The fraction of sp³-hybridized carbons (Fsp3) is 1.00. The first-order valence-electron chi connectivity index (χ1n) is 3.95. The van der Waals surface area contributed by atoms with Gasteiger partial charge in [0.25, 0.3) is 0 Å². The molecule has 5 heteroatoms. The number of hydrogen-bond acceptors (Lipinski definition) is 4. The SMILES string of the molecule is CCS(=O)(=O)[C@H]1CC1(CO)CO. The quantitative estimate of drug-likeness (QED) is 0.612. The van der Waals surface area contributed by atoms with Crippen LogP contribution in [0.25, 0.3) is 0 Å². The molecule has 0 aromatic heterocycles. The average Bonchev–Trinajstić information content (AvgIpc) is 2.80. The highest BCUT2D eigenvalue weighted by Crippen LogP contribution is 2.50.